The van der Waals surface area contributed by atoms with Crippen LogP contribution in [-0.2, 0) is 6.54 Å². The van der Waals surface area contributed by atoms with Gasteiger partial charge in [0.25, 0.3) is 0 Å². The first-order valence-electron chi connectivity index (χ1n) is 6.16. The summed E-state index contributed by atoms with van der Waals surface area (Å²) >= 11 is 0. The molecule has 0 atom stereocenters. The summed E-state index contributed by atoms with van der Waals surface area (Å²) in [5.74, 6) is 2.05. The van der Waals surface area contributed by atoms with E-state index in [1.165, 1.54) is 12.8 Å². The van der Waals surface area contributed by atoms with E-state index in [0.717, 1.165) is 12.1 Å². The molecule has 2 rings (SSSR count). The van der Waals surface area contributed by atoms with Gasteiger partial charge in [-0.1, -0.05) is 0 Å². The van der Waals surface area contributed by atoms with Crippen LogP contribution in [-0.4, -0.2) is 26.9 Å². The Bertz CT molecular complexity index is 402. The average molecular weight is 251 g/mol. The van der Waals surface area contributed by atoms with Crippen molar-refractivity contribution < 1.29 is 14.2 Å². The summed E-state index contributed by atoms with van der Waals surface area (Å²) in [6.45, 7) is 3.05. The van der Waals surface area contributed by atoms with Crippen LogP contribution in [0.25, 0.3) is 0 Å². The minimum atomic E-state index is 0.320. The highest BCUT2D eigenvalue weighted by Crippen LogP contribution is 2.39. The molecule has 0 saturated heterocycles. The van der Waals surface area contributed by atoms with Crippen LogP contribution < -0.4 is 19.5 Å². The molecule has 100 valence electrons. The monoisotopic (exact) mass is 251 g/mol. The van der Waals surface area contributed by atoms with Crippen LogP contribution in [0.1, 0.15) is 25.3 Å². The average Bonchev–Trinajstić information content (AvgIpc) is 3.13. The lowest BCUT2D eigenvalue weighted by Crippen LogP contribution is -2.26. The molecule has 1 saturated carbocycles. The highest BCUT2D eigenvalue weighted by atomic mass is 16.5. The van der Waals surface area contributed by atoms with Gasteiger partial charge in [-0.15, -0.1) is 0 Å². The van der Waals surface area contributed by atoms with E-state index < -0.39 is 0 Å². The van der Waals surface area contributed by atoms with Gasteiger partial charge in [0.05, 0.1) is 21.3 Å². The van der Waals surface area contributed by atoms with Crippen molar-refractivity contribution >= 4 is 0 Å². The van der Waals surface area contributed by atoms with E-state index in [4.69, 9.17) is 14.2 Å². The minimum Gasteiger partial charge on any atom is -0.493 e. The fourth-order valence-corrected chi connectivity index (χ4v) is 1.92. The molecule has 0 aromatic heterocycles. The van der Waals surface area contributed by atoms with E-state index in [1.807, 2.05) is 12.1 Å². The van der Waals surface area contributed by atoms with Crippen molar-refractivity contribution in [1.82, 2.24) is 5.32 Å². The third-order valence-electron chi connectivity index (χ3n) is 3.44. The minimum absolute atomic E-state index is 0.320. The second-order valence-corrected chi connectivity index (χ2v) is 4.95. The van der Waals surface area contributed by atoms with Crippen LogP contribution in [0.3, 0.4) is 0 Å². The molecular formula is C14H21NO3. The maximum absolute atomic E-state index is 5.33. The zero-order chi connectivity index (χ0) is 13.2. The van der Waals surface area contributed by atoms with E-state index >= 15 is 0 Å². The summed E-state index contributed by atoms with van der Waals surface area (Å²) in [7, 11) is 4.89. The van der Waals surface area contributed by atoms with Crippen molar-refractivity contribution in [1.29, 1.82) is 0 Å². The van der Waals surface area contributed by atoms with Gasteiger partial charge >= 0.3 is 0 Å². The Hall–Kier alpha value is -1.42. The van der Waals surface area contributed by atoms with Gasteiger partial charge < -0.3 is 19.5 Å². The van der Waals surface area contributed by atoms with Gasteiger partial charge in [-0.2, -0.15) is 0 Å². The molecule has 1 aliphatic rings. The Labute approximate surface area is 108 Å². The molecule has 0 heterocycles. The quantitative estimate of drug-likeness (QED) is 0.842. The van der Waals surface area contributed by atoms with Crippen LogP contribution in [0.2, 0.25) is 0 Å². The number of ether oxygens (including phenoxy) is 3. The molecule has 0 bridgehead atoms. The van der Waals surface area contributed by atoms with E-state index in [1.54, 1.807) is 21.3 Å². The molecule has 0 aliphatic heterocycles. The van der Waals surface area contributed by atoms with Gasteiger partial charge in [-0.05, 0) is 37.5 Å². The molecule has 4 nitrogen and oxygen atoms in total. The largest absolute Gasteiger partial charge is 0.493 e. The summed E-state index contributed by atoms with van der Waals surface area (Å²) in [5.41, 5.74) is 1.46. The first kappa shape index (κ1) is 13.0. The molecular weight excluding hydrogens is 230 g/mol. The molecule has 0 spiro atoms. The summed E-state index contributed by atoms with van der Waals surface area (Å²) in [4.78, 5) is 0. The highest BCUT2D eigenvalue weighted by molar-refractivity contribution is 5.53. The molecule has 4 heteroatoms. The number of hydrogen-bond donors (Lipinski definition) is 1. The summed E-state index contributed by atoms with van der Waals surface area (Å²) in [5, 5.41) is 3.54. The number of nitrogens with one attached hydrogen (secondary N) is 1. The summed E-state index contributed by atoms with van der Waals surface area (Å²) in [6.07, 6.45) is 2.49. The normalized spacial score (nSPS) is 16.2. The molecule has 0 radical (unpaired) electrons. The maximum Gasteiger partial charge on any atom is 0.203 e. The number of benzene rings is 1. The van der Waals surface area contributed by atoms with Gasteiger partial charge in [0.2, 0.25) is 5.75 Å². The first-order chi connectivity index (χ1) is 8.61. The van der Waals surface area contributed by atoms with E-state index in [-0.39, 0.29) is 0 Å². The van der Waals surface area contributed by atoms with Crippen molar-refractivity contribution in [2.45, 2.75) is 31.8 Å². The molecule has 1 fully saturated rings. The van der Waals surface area contributed by atoms with E-state index in [2.05, 4.69) is 12.2 Å². The predicted octanol–water partition coefficient (Wildman–Crippen LogP) is 2.35. The van der Waals surface area contributed by atoms with Crippen molar-refractivity contribution in [2.75, 3.05) is 21.3 Å². The molecule has 0 amide bonds. The third-order valence-corrected chi connectivity index (χ3v) is 3.44. The zero-order valence-electron chi connectivity index (χ0n) is 11.5. The standard InChI is InChI=1S/C14H21NO3/c1-14(5-6-14)15-9-10-7-11(16-2)13(18-4)12(8-10)17-3/h7-8,15H,5-6,9H2,1-4H3. The molecule has 18 heavy (non-hydrogen) atoms. The smallest absolute Gasteiger partial charge is 0.203 e. The topological polar surface area (TPSA) is 39.7 Å². The van der Waals surface area contributed by atoms with E-state index in [0.29, 0.717) is 22.8 Å². The molecule has 1 aromatic rings. The highest BCUT2D eigenvalue weighted by Gasteiger charge is 2.36. The fraction of sp³-hybridized carbons (Fsp3) is 0.571. The van der Waals surface area contributed by atoms with Crippen LogP contribution in [0.4, 0.5) is 0 Å². The lowest BCUT2D eigenvalue weighted by Gasteiger charge is -2.16. The van der Waals surface area contributed by atoms with Crippen molar-refractivity contribution in [3.05, 3.63) is 17.7 Å². The fourth-order valence-electron chi connectivity index (χ4n) is 1.92. The molecule has 1 aliphatic carbocycles. The van der Waals surface area contributed by atoms with Gasteiger partial charge in [-0.25, -0.2) is 0 Å². The Kier molecular flexibility index (Phi) is 3.66. The van der Waals surface area contributed by atoms with E-state index in [9.17, 15) is 0 Å². The SMILES string of the molecule is COc1cc(CNC2(C)CC2)cc(OC)c1OC. The second-order valence-electron chi connectivity index (χ2n) is 4.95. The number of methoxy groups -OCH3 is 3. The maximum atomic E-state index is 5.33. The van der Waals surface area contributed by atoms with Gasteiger partial charge in [0.1, 0.15) is 0 Å². The van der Waals surface area contributed by atoms with Crippen molar-refractivity contribution in [2.24, 2.45) is 0 Å². The lowest BCUT2D eigenvalue weighted by molar-refractivity contribution is 0.323. The van der Waals surface area contributed by atoms with Crippen molar-refractivity contribution in [3.8, 4) is 17.2 Å². The van der Waals surface area contributed by atoms with Crippen LogP contribution >= 0.6 is 0 Å². The first-order valence-corrected chi connectivity index (χ1v) is 6.16. The second kappa shape index (κ2) is 5.06. The van der Waals surface area contributed by atoms with Gasteiger partial charge in [-0.3, -0.25) is 0 Å². The predicted molar refractivity (Wildman–Crippen MR) is 70.6 cm³/mol. The molecule has 1 aromatic carbocycles. The Balaban J connectivity index is 2.19. The van der Waals surface area contributed by atoms with Gasteiger partial charge in [0.15, 0.2) is 11.5 Å². The Morgan fingerprint density at radius 3 is 2.00 bits per heavy atom. The van der Waals surface area contributed by atoms with Crippen LogP contribution in [0, 0.1) is 0 Å². The molecule has 0 unspecified atom stereocenters. The molecule has 1 N–H and O–H groups in total. The lowest BCUT2D eigenvalue weighted by atomic mass is 10.1. The van der Waals surface area contributed by atoms with Crippen LogP contribution in [0.15, 0.2) is 12.1 Å². The number of hydrogen-bond acceptors (Lipinski definition) is 4. The zero-order valence-corrected chi connectivity index (χ0v) is 11.5. The van der Waals surface area contributed by atoms with Gasteiger partial charge in [0, 0.05) is 12.1 Å². The summed E-state index contributed by atoms with van der Waals surface area (Å²) < 4.78 is 16.0. The van der Waals surface area contributed by atoms with Crippen molar-refractivity contribution in [3.63, 3.8) is 0 Å². The third kappa shape index (κ3) is 2.70. The Morgan fingerprint density at radius 1 is 1.06 bits per heavy atom. The summed E-state index contributed by atoms with van der Waals surface area (Å²) in [6, 6.07) is 3.97. The number of rotatable bonds is 6. The van der Waals surface area contributed by atoms with Crippen LogP contribution in [0.5, 0.6) is 17.2 Å². The Morgan fingerprint density at radius 2 is 1.61 bits per heavy atom.